The second-order valence-electron chi connectivity index (χ2n) is 5.55. The Morgan fingerprint density at radius 1 is 1.13 bits per heavy atom. The van der Waals surface area contributed by atoms with Gasteiger partial charge >= 0.3 is 0 Å². The van der Waals surface area contributed by atoms with Crippen LogP contribution >= 0.6 is 0 Å². The zero-order valence-electron chi connectivity index (χ0n) is 13.3. The summed E-state index contributed by atoms with van der Waals surface area (Å²) in [6.07, 6.45) is 0.845. The standard InChI is InChI=1S/C18H23N3O2/c19-18(21-9-12-22-13-10-21)20-8-3-11-23-17-7-6-15-4-1-2-5-16(15)14-17/h1-2,4-7,14H,3,8-13H2,(H2,19,20). The SMILES string of the molecule is NC(=NCCCOc1ccc2ccccc2c1)N1CCOCC1. The first-order valence-electron chi connectivity index (χ1n) is 8.07. The van der Waals surface area contributed by atoms with Gasteiger partial charge in [0, 0.05) is 26.1 Å². The van der Waals surface area contributed by atoms with E-state index in [0.29, 0.717) is 19.1 Å². The lowest BCUT2D eigenvalue weighted by atomic mass is 10.1. The molecule has 0 radical (unpaired) electrons. The maximum Gasteiger partial charge on any atom is 0.191 e. The number of aliphatic imine (C=N–C) groups is 1. The predicted octanol–water partition coefficient (Wildman–Crippen LogP) is 2.26. The average molecular weight is 313 g/mol. The fourth-order valence-corrected chi connectivity index (χ4v) is 2.60. The second kappa shape index (κ2) is 7.83. The van der Waals surface area contributed by atoms with Gasteiger partial charge in [-0.25, -0.2) is 0 Å². The Kier molecular flexibility index (Phi) is 5.32. The number of hydrogen-bond donors (Lipinski definition) is 1. The van der Waals surface area contributed by atoms with Gasteiger partial charge in [-0.05, 0) is 22.9 Å². The molecule has 0 saturated carbocycles. The lowest BCUT2D eigenvalue weighted by Gasteiger charge is -2.27. The summed E-state index contributed by atoms with van der Waals surface area (Å²) < 4.78 is 11.1. The fraction of sp³-hybridized carbons (Fsp3) is 0.389. The molecule has 1 aliphatic rings. The Hall–Kier alpha value is -2.27. The molecular formula is C18H23N3O2. The summed E-state index contributed by atoms with van der Waals surface area (Å²) in [5, 5.41) is 2.42. The summed E-state index contributed by atoms with van der Waals surface area (Å²) in [5.41, 5.74) is 5.98. The van der Waals surface area contributed by atoms with Crippen LogP contribution in [0, 0.1) is 0 Å². The smallest absolute Gasteiger partial charge is 0.191 e. The first-order valence-corrected chi connectivity index (χ1v) is 8.07. The third kappa shape index (κ3) is 4.36. The maximum absolute atomic E-state index is 5.98. The molecule has 0 unspecified atom stereocenters. The average Bonchev–Trinajstić information content (AvgIpc) is 2.62. The van der Waals surface area contributed by atoms with Crippen LogP contribution in [-0.2, 0) is 4.74 Å². The Bertz CT molecular complexity index is 666. The molecule has 5 nitrogen and oxygen atoms in total. The normalized spacial score (nSPS) is 15.8. The molecule has 0 amide bonds. The molecule has 1 aliphatic heterocycles. The summed E-state index contributed by atoms with van der Waals surface area (Å²) in [7, 11) is 0. The number of nitrogens with two attached hydrogens (primary N) is 1. The van der Waals surface area contributed by atoms with Crippen LogP contribution < -0.4 is 10.5 Å². The first kappa shape index (κ1) is 15.6. The number of guanidine groups is 1. The van der Waals surface area contributed by atoms with Crippen molar-refractivity contribution in [1.82, 2.24) is 4.90 Å². The van der Waals surface area contributed by atoms with E-state index >= 15 is 0 Å². The lowest BCUT2D eigenvalue weighted by molar-refractivity contribution is 0.0674. The number of nitrogens with zero attached hydrogens (tertiary/aromatic N) is 2. The number of benzene rings is 2. The number of ether oxygens (including phenoxy) is 2. The summed E-state index contributed by atoms with van der Waals surface area (Å²) in [4.78, 5) is 6.48. The number of morpholine rings is 1. The zero-order chi connectivity index (χ0) is 15.9. The Morgan fingerprint density at radius 2 is 1.91 bits per heavy atom. The molecule has 0 spiro atoms. The Morgan fingerprint density at radius 3 is 2.74 bits per heavy atom. The maximum atomic E-state index is 5.98. The Balaban J connectivity index is 1.43. The van der Waals surface area contributed by atoms with Crippen LogP contribution in [0.2, 0.25) is 0 Å². The quantitative estimate of drug-likeness (QED) is 0.522. The van der Waals surface area contributed by atoms with Gasteiger partial charge in [-0.2, -0.15) is 0 Å². The monoisotopic (exact) mass is 313 g/mol. The van der Waals surface area contributed by atoms with E-state index in [1.165, 1.54) is 10.8 Å². The van der Waals surface area contributed by atoms with Gasteiger partial charge in [-0.15, -0.1) is 0 Å². The van der Waals surface area contributed by atoms with Crippen LogP contribution in [0.3, 0.4) is 0 Å². The molecule has 2 aromatic carbocycles. The highest BCUT2D eigenvalue weighted by atomic mass is 16.5. The van der Waals surface area contributed by atoms with Crippen molar-refractivity contribution in [3.05, 3.63) is 42.5 Å². The summed E-state index contributed by atoms with van der Waals surface area (Å²) in [6, 6.07) is 14.4. The van der Waals surface area contributed by atoms with E-state index in [2.05, 4.69) is 34.2 Å². The van der Waals surface area contributed by atoms with Crippen molar-refractivity contribution in [2.24, 2.45) is 10.7 Å². The second-order valence-corrected chi connectivity index (χ2v) is 5.55. The molecule has 1 saturated heterocycles. The number of fused-ring (bicyclic) bond motifs is 1. The van der Waals surface area contributed by atoms with E-state index in [0.717, 1.165) is 38.5 Å². The molecule has 122 valence electrons. The van der Waals surface area contributed by atoms with E-state index in [4.69, 9.17) is 15.2 Å². The van der Waals surface area contributed by atoms with Gasteiger partial charge in [0.1, 0.15) is 5.75 Å². The Labute approximate surface area is 136 Å². The van der Waals surface area contributed by atoms with E-state index in [1.807, 2.05) is 18.2 Å². The van der Waals surface area contributed by atoms with Crippen molar-refractivity contribution in [3.8, 4) is 5.75 Å². The highest BCUT2D eigenvalue weighted by Crippen LogP contribution is 2.20. The van der Waals surface area contributed by atoms with Gasteiger partial charge in [0.2, 0.25) is 0 Å². The van der Waals surface area contributed by atoms with Crippen LogP contribution in [-0.4, -0.2) is 50.3 Å². The highest BCUT2D eigenvalue weighted by Gasteiger charge is 2.11. The molecule has 2 N–H and O–H groups in total. The minimum absolute atomic E-state index is 0.610. The van der Waals surface area contributed by atoms with Crippen molar-refractivity contribution in [2.45, 2.75) is 6.42 Å². The largest absolute Gasteiger partial charge is 0.494 e. The third-order valence-electron chi connectivity index (χ3n) is 3.90. The number of rotatable bonds is 5. The zero-order valence-corrected chi connectivity index (χ0v) is 13.3. The van der Waals surface area contributed by atoms with Crippen molar-refractivity contribution < 1.29 is 9.47 Å². The van der Waals surface area contributed by atoms with Gasteiger partial charge in [0.25, 0.3) is 0 Å². The molecular weight excluding hydrogens is 290 g/mol. The van der Waals surface area contributed by atoms with Crippen molar-refractivity contribution >= 4 is 16.7 Å². The summed E-state index contributed by atoms with van der Waals surface area (Å²) in [5.74, 6) is 1.51. The van der Waals surface area contributed by atoms with E-state index in [-0.39, 0.29) is 0 Å². The molecule has 0 atom stereocenters. The lowest BCUT2D eigenvalue weighted by Crippen LogP contribution is -2.44. The predicted molar refractivity (Wildman–Crippen MR) is 92.9 cm³/mol. The molecule has 5 heteroatoms. The summed E-state index contributed by atoms with van der Waals surface area (Å²) in [6.45, 7) is 4.41. The molecule has 1 fully saturated rings. The molecule has 23 heavy (non-hydrogen) atoms. The molecule has 0 aromatic heterocycles. The molecule has 3 rings (SSSR count). The van der Waals surface area contributed by atoms with Crippen LogP contribution in [0.5, 0.6) is 5.75 Å². The highest BCUT2D eigenvalue weighted by molar-refractivity contribution is 5.83. The van der Waals surface area contributed by atoms with E-state index in [9.17, 15) is 0 Å². The van der Waals surface area contributed by atoms with Crippen LogP contribution in [0.4, 0.5) is 0 Å². The van der Waals surface area contributed by atoms with Gasteiger partial charge in [0.05, 0.1) is 19.8 Å². The van der Waals surface area contributed by atoms with Crippen molar-refractivity contribution in [3.63, 3.8) is 0 Å². The molecule has 2 aromatic rings. The van der Waals surface area contributed by atoms with Crippen LogP contribution in [0.15, 0.2) is 47.5 Å². The minimum Gasteiger partial charge on any atom is -0.494 e. The first-order chi connectivity index (χ1) is 11.3. The fourth-order valence-electron chi connectivity index (χ4n) is 2.60. The number of hydrogen-bond acceptors (Lipinski definition) is 3. The van der Waals surface area contributed by atoms with Crippen LogP contribution in [0.25, 0.3) is 10.8 Å². The summed E-state index contributed by atoms with van der Waals surface area (Å²) >= 11 is 0. The van der Waals surface area contributed by atoms with Crippen LogP contribution in [0.1, 0.15) is 6.42 Å². The molecule has 1 heterocycles. The van der Waals surface area contributed by atoms with E-state index in [1.54, 1.807) is 0 Å². The minimum atomic E-state index is 0.610. The van der Waals surface area contributed by atoms with Crippen molar-refractivity contribution in [1.29, 1.82) is 0 Å². The molecule has 0 aliphatic carbocycles. The van der Waals surface area contributed by atoms with E-state index < -0.39 is 0 Å². The van der Waals surface area contributed by atoms with Gasteiger partial charge in [-0.1, -0.05) is 30.3 Å². The topological polar surface area (TPSA) is 60.1 Å². The molecule has 0 bridgehead atoms. The van der Waals surface area contributed by atoms with Gasteiger partial charge < -0.3 is 20.1 Å². The van der Waals surface area contributed by atoms with Crippen molar-refractivity contribution in [2.75, 3.05) is 39.5 Å². The third-order valence-corrected chi connectivity index (χ3v) is 3.90. The van der Waals surface area contributed by atoms with Gasteiger partial charge in [-0.3, -0.25) is 4.99 Å². The van der Waals surface area contributed by atoms with Gasteiger partial charge in [0.15, 0.2) is 5.96 Å².